The zero-order valence-corrected chi connectivity index (χ0v) is 15.3. The van der Waals surface area contributed by atoms with E-state index >= 15 is 0 Å². The van der Waals surface area contributed by atoms with Crippen molar-refractivity contribution in [3.63, 3.8) is 0 Å². The Labute approximate surface area is 147 Å². The van der Waals surface area contributed by atoms with Gasteiger partial charge in [-0.15, -0.1) is 11.3 Å². The molecular weight excluding hydrogens is 328 g/mol. The molecule has 0 spiro atoms. The molecule has 0 atom stereocenters. The van der Waals surface area contributed by atoms with E-state index in [0.717, 1.165) is 29.6 Å². The van der Waals surface area contributed by atoms with E-state index in [1.807, 2.05) is 24.3 Å². The number of guanidine groups is 1. The van der Waals surface area contributed by atoms with Crippen molar-refractivity contribution in [1.82, 2.24) is 15.6 Å². The van der Waals surface area contributed by atoms with Gasteiger partial charge in [0.2, 0.25) is 0 Å². The molecule has 0 unspecified atom stereocenters. The summed E-state index contributed by atoms with van der Waals surface area (Å²) in [4.78, 5) is 8.85. The van der Waals surface area contributed by atoms with Crippen LogP contribution in [-0.2, 0) is 13.0 Å². The summed E-state index contributed by atoms with van der Waals surface area (Å²) in [5, 5.41) is 10.7. The summed E-state index contributed by atoms with van der Waals surface area (Å²) in [6.07, 6.45) is 0.923. The molecule has 2 aromatic rings. The molecule has 1 aromatic heterocycles. The van der Waals surface area contributed by atoms with Gasteiger partial charge in [-0.05, 0) is 24.1 Å². The molecule has 0 saturated heterocycles. The average Bonchev–Trinajstić information content (AvgIpc) is 3.01. The Bertz CT molecular complexity index is 634. The first kappa shape index (κ1) is 17.8. The van der Waals surface area contributed by atoms with Crippen molar-refractivity contribution in [2.24, 2.45) is 4.99 Å². The Morgan fingerprint density at radius 2 is 2.00 bits per heavy atom. The lowest BCUT2D eigenvalue weighted by atomic mass is 10.1. The minimum Gasteiger partial charge on any atom is -0.356 e. The van der Waals surface area contributed by atoms with Crippen LogP contribution < -0.4 is 10.6 Å². The highest BCUT2D eigenvalue weighted by molar-refractivity contribution is 7.09. The fourth-order valence-electron chi connectivity index (χ4n) is 2.04. The number of aliphatic imine (C=N–C) groups is 1. The topological polar surface area (TPSA) is 49.3 Å². The smallest absolute Gasteiger partial charge is 0.191 e. The summed E-state index contributed by atoms with van der Waals surface area (Å²) in [5.74, 6) is 1.27. The second-order valence-corrected chi connectivity index (χ2v) is 6.89. The third-order valence-corrected chi connectivity index (χ3v) is 4.79. The molecule has 23 heavy (non-hydrogen) atoms. The summed E-state index contributed by atoms with van der Waals surface area (Å²) >= 11 is 7.60. The number of aromatic nitrogens is 1. The number of nitrogens with zero attached hydrogens (tertiary/aromatic N) is 2. The van der Waals surface area contributed by atoms with Crippen LogP contribution in [0.1, 0.15) is 36.0 Å². The quantitative estimate of drug-likeness (QED) is 0.615. The van der Waals surface area contributed by atoms with E-state index in [4.69, 9.17) is 11.6 Å². The van der Waals surface area contributed by atoms with Crippen molar-refractivity contribution in [1.29, 1.82) is 0 Å². The molecule has 0 amide bonds. The maximum atomic E-state index is 5.89. The van der Waals surface area contributed by atoms with Crippen LogP contribution in [-0.4, -0.2) is 24.5 Å². The minimum atomic E-state index is 0.477. The van der Waals surface area contributed by atoms with E-state index in [-0.39, 0.29) is 0 Å². The predicted molar refractivity (Wildman–Crippen MR) is 99.6 cm³/mol. The van der Waals surface area contributed by atoms with Crippen LogP contribution in [0.15, 0.2) is 34.6 Å². The predicted octanol–water partition coefficient (Wildman–Crippen LogP) is 3.83. The van der Waals surface area contributed by atoms with Gasteiger partial charge in [-0.3, -0.25) is 4.99 Å². The first-order valence-electron chi connectivity index (χ1n) is 7.71. The van der Waals surface area contributed by atoms with Crippen LogP contribution in [0.25, 0.3) is 0 Å². The molecule has 4 nitrogen and oxygen atoms in total. The van der Waals surface area contributed by atoms with E-state index in [0.29, 0.717) is 12.5 Å². The van der Waals surface area contributed by atoms with Crippen LogP contribution in [0.4, 0.5) is 0 Å². The molecule has 0 radical (unpaired) electrons. The van der Waals surface area contributed by atoms with Gasteiger partial charge in [-0.2, -0.15) is 0 Å². The number of nitrogens with one attached hydrogen (secondary N) is 2. The zero-order valence-electron chi connectivity index (χ0n) is 13.8. The molecule has 0 aliphatic heterocycles. The fourth-order valence-corrected chi connectivity index (χ4v) is 3.00. The molecule has 1 heterocycles. The minimum absolute atomic E-state index is 0.477. The third kappa shape index (κ3) is 5.84. The summed E-state index contributed by atoms with van der Waals surface area (Å²) in [6.45, 7) is 5.82. The maximum absolute atomic E-state index is 5.89. The van der Waals surface area contributed by atoms with Crippen molar-refractivity contribution in [3.8, 4) is 0 Å². The fraction of sp³-hybridized carbons (Fsp3) is 0.412. The van der Waals surface area contributed by atoms with E-state index in [2.05, 4.69) is 39.8 Å². The number of benzene rings is 1. The third-order valence-electron chi connectivity index (χ3n) is 3.34. The van der Waals surface area contributed by atoms with Crippen molar-refractivity contribution in [2.45, 2.75) is 32.7 Å². The van der Waals surface area contributed by atoms with Gasteiger partial charge < -0.3 is 10.6 Å². The Hall–Kier alpha value is -1.59. The van der Waals surface area contributed by atoms with Gasteiger partial charge in [0.1, 0.15) is 0 Å². The first-order valence-corrected chi connectivity index (χ1v) is 8.97. The Morgan fingerprint density at radius 1 is 1.26 bits per heavy atom. The van der Waals surface area contributed by atoms with Gasteiger partial charge in [0.15, 0.2) is 5.96 Å². The molecule has 0 aliphatic carbocycles. The Kier molecular flexibility index (Phi) is 6.86. The normalized spacial score (nSPS) is 11.8. The van der Waals surface area contributed by atoms with E-state index in [9.17, 15) is 0 Å². The number of rotatable bonds is 6. The molecule has 6 heteroatoms. The lowest BCUT2D eigenvalue weighted by Crippen LogP contribution is -2.37. The molecule has 0 fully saturated rings. The van der Waals surface area contributed by atoms with Gasteiger partial charge in [-0.1, -0.05) is 37.6 Å². The first-order chi connectivity index (χ1) is 11.1. The molecule has 0 saturated carbocycles. The number of halogens is 1. The van der Waals surface area contributed by atoms with E-state index in [1.165, 1.54) is 10.6 Å². The number of hydrogen-bond acceptors (Lipinski definition) is 3. The van der Waals surface area contributed by atoms with Crippen LogP contribution >= 0.6 is 22.9 Å². The SMILES string of the molecule is CN=C(NCCc1ccc(Cl)cc1)NCc1csc(C(C)C)n1. The van der Waals surface area contributed by atoms with Crippen LogP contribution in [0.3, 0.4) is 0 Å². The highest BCUT2D eigenvalue weighted by Crippen LogP contribution is 2.18. The van der Waals surface area contributed by atoms with Crippen LogP contribution in [0, 0.1) is 0 Å². The Balaban J connectivity index is 1.75. The van der Waals surface area contributed by atoms with Gasteiger partial charge in [0.25, 0.3) is 0 Å². The van der Waals surface area contributed by atoms with Crippen molar-refractivity contribution < 1.29 is 0 Å². The molecule has 124 valence electrons. The number of thiazole rings is 1. The van der Waals surface area contributed by atoms with Gasteiger partial charge in [-0.25, -0.2) is 4.98 Å². The standard InChI is InChI=1S/C17H23ClN4S/c1-12(2)16-22-15(11-23-16)10-21-17(19-3)20-9-8-13-4-6-14(18)7-5-13/h4-7,11-12H,8-10H2,1-3H3,(H2,19,20,21). The zero-order chi connectivity index (χ0) is 16.7. The molecule has 2 rings (SSSR count). The van der Waals surface area contributed by atoms with Crippen molar-refractivity contribution >= 4 is 28.9 Å². The molecule has 2 N–H and O–H groups in total. The summed E-state index contributed by atoms with van der Waals surface area (Å²) in [7, 11) is 1.78. The highest BCUT2D eigenvalue weighted by Gasteiger charge is 2.06. The van der Waals surface area contributed by atoms with Crippen molar-refractivity contribution in [3.05, 3.63) is 50.9 Å². The average molecular weight is 351 g/mol. The number of hydrogen-bond donors (Lipinski definition) is 2. The molecular formula is C17H23ClN4S. The van der Waals surface area contributed by atoms with Gasteiger partial charge >= 0.3 is 0 Å². The molecule has 0 aliphatic rings. The maximum Gasteiger partial charge on any atom is 0.191 e. The van der Waals surface area contributed by atoms with Crippen LogP contribution in [0.5, 0.6) is 0 Å². The van der Waals surface area contributed by atoms with E-state index < -0.39 is 0 Å². The highest BCUT2D eigenvalue weighted by atomic mass is 35.5. The summed E-state index contributed by atoms with van der Waals surface area (Å²) < 4.78 is 0. The monoisotopic (exact) mass is 350 g/mol. The largest absolute Gasteiger partial charge is 0.356 e. The molecule has 0 bridgehead atoms. The second-order valence-electron chi connectivity index (χ2n) is 5.56. The summed E-state index contributed by atoms with van der Waals surface area (Å²) in [6, 6.07) is 7.92. The van der Waals surface area contributed by atoms with Crippen LogP contribution in [0.2, 0.25) is 5.02 Å². The van der Waals surface area contributed by atoms with E-state index in [1.54, 1.807) is 18.4 Å². The van der Waals surface area contributed by atoms with Gasteiger partial charge in [0.05, 0.1) is 17.2 Å². The molecule has 1 aromatic carbocycles. The lowest BCUT2D eigenvalue weighted by Gasteiger charge is -2.11. The van der Waals surface area contributed by atoms with Gasteiger partial charge in [0, 0.05) is 29.9 Å². The lowest BCUT2D eigenvalue weighted by molar-refractivity contribution is 0.776. The summed E-state index contributed by atoms with van der Waals surface area (Å²) in [5.41, 5.74) is 2.30. The Morgan fingerprint density at radius 3 is 2.61 bits per heavy atom. The second kappa shape index (κ2) is 8.89. The van der Waals surface area contributed by atoms with Crippen molar-refractivity contribution in [2.75, 3.05) is 13.6 Å².